The first kappa shape index (κ1) is 17.9. The van der Waals surface area contributed by atoms with Crippen LogP contribution in [0.15, 0.2) is 35.4 Å². The maximum absolute atomic E-state index is 12.8. The quantitative estimate of drug-likeness (QED) is 0.825. The summed E-state index contributed by atoms with van der Waals surface area (Å²) < 4.78 is 1.94. The van der Waals surface area contributed by atoms with Crippen LogP contribution >= 0.6 is 11.8 Å². The van der Waals surface area contributed by atoms with E-state index in [4.69, 9.17) is 0 Å². The number of hydrogen-bond acceptors (Lipinski definition) is 4. The minimum atomic E-state index is -0.373. The van der Waals surface area contributed by atoms with Gasteiger partial charge in [-0.1, -0.05) is 31.0 Å². The fourth-order valence-electron chi connectivity index (χ4n) is 3.65. The van der Waals surface area contributed by atoms with Crippen LogP contribution in [-0.4, -0.2) is 39.6 Å². The summed E-state index contributed by atoms with van der Waals surface area (Å²) in [4.78, 5) is 38.4. The molecule has 1 N–H and O–H groups in total. The number of nitrogens with zero attached hydrogens (tertiary/aromatic N) is 2. The highest BCUT2D eigenvalue weighted by atomic mass is 32.2. The van der Waals surface area contributed by atoms with Gasteiger partial charge in [-0.15, -0.1) is 0 Å². The maximum atomic E-state index is 12.8. The van der Waals surface area contributed by atoms with Gasteiger partial charge < -0.3 is 9.47 Å². The monoisotopic (exact) mass is 383 g/mol. The van der Waals surface area contributed by atoms with E-state index in [0.717, 1.165) is 54.2 Å². The molecule has 140 valence electrons. The third-order valence-corrected chi connectivity index (χ3v) is 5.82. The number of fused-ring (bicyclic) bond motifs is 1. The number of benzene rings is 1. The number of amides is 3. The molecule has 2 saturated heterocycles. The second-order valence-electron chi connectivity index (χ2n) is 6.88. The molecule has 2 aliphatic rings. The Morgan fingerprint density at radius 2 is 1.85 bits per heavy atom. The molecule has 2 aromatic rings. The van der Waals surface area contributed by atoms with Gasteiger partial charge in [0.25, 0.3) is 11.1 Å². The molecule has 3 heterocycles. The zero-order valence-electron chi connectivity index (χ0n) is 14.9. The second-order valence-corrected chi connectivity index (χ2v) is 7.89. The molecule has 0 radical (unpaired) electrons. The lowest BCUT2D eigenvalue weighted by atomic mass is 10.1. The van der Waals surface area contributed by atoms with Crippen molar-refractivity contribution in [3.05, 3.63) is 40.9 Å². The van der Waals surface area contributed by atoms with Crippen LogP contribution in [0.5, 0.6) is 0 Å². The molecule has 1 aromatic heterocycles. The van der Waals surface area contributed by atoms with Crippen molar-refractivity contribution in [1.29, 1.82) is 0 Å². The molecule has 6 nitrogen and oxygen atoms in total. The average molecular weight is 383 g/mol. The number of aromatic nitrogens is 1. The van der Waals surface area contributed by atoms with Crippen molar-refractivity contribution >= 4 is 45.8 Å². The predicted molar refractivity (Wildman–Crippen MR) is 106 cm³/mol. The van der Waals surface area contributed by atoms with Gasteiger partial charge in [0.1, 0.15) is 6.54 Å². The molecule has 0 unspecified atom stereocenters. The van der Waals surface area contributed by atoms with E-state index in [9.17, 15) is 14.4 Å². The Labute approximate surface area is 161 Å². The summed E-state index contributed by atoms with van der Waals surface area (Å²) in [6.45, 7) is 1.93. The Morgan fingerprint density at radius 1 is 1.11 bits per heavy atom. The molecule has 0 atom stereocenters. The molecule has 3 amide bonds. The molecule has 0 spiro atoms. The maximum Gasteiger partial charge on any atom is 0.290 e. The van der Waals surface area contributed by atoms with Crippen molar-refractivity contribution in [2.45, 2.75) is 32.2 Å². The number of thioether (sulfide) groups is 1. The first-order valence-electron chi connectivity index (χ1n) is 9.22. The average Bonchev–Trinajstić information content (AvgIpc) is 3.01. The number of carbonyl (C=O) groups is 3. The Bertz CT molecular complexity index is 939. The Balaban J connectivity index is 1.64. The topological polar surface area (TPSA) is 71.4 Å². The van der Waals surface area contributed by atoms with E-state index in [0.29, 0.717) is 4.91 Å². The number of hydrogen-bond donors (Lipinski definition) is 1. The van der Waals surface area contributed by atoms with Crippen molar-refractivity contribution in [2.24, 2.45) is 0 Å². The van der Waals surface area contributed by atoms with E-state index in [1.807, 2.05) is 39.9 Å². The summed E-state index contributed by atoms with van der Waals surface area (Å²) in [5.41, 5.74) is 1.78. The smallest absolute Gasteiger partial charge is 0.290 e. The summed E-state index contributed by atoms with van der Waals surface area (Å²) in [6.07, 6.45) is 8.12. The van der Waals surface area contributed by atoms with Gasteiger partial charge in [0.05, 0.1) is 4.91 Å². The molecule has 27 heavy (non-hydrogen) atoms. The first-order valence-corrected chi connectivity index (χ1v) is 10.0. The highest BCUT2D eigenvalue weighted by Gasteiger charge is 2.25. The van der Waals surface area contributed by atoms with Gasteiger partial charge in [0.2, 0.25) is 5.91 Å². The van der Waals surface area contributed by atoms with E-state index in [-0.39, 0.29) is 23.6 Å². The second kappa shape index (κ2) is 7.60. The van der Waals surface area contributed by atoms with E-state index in [1.54, 1.807) is 6.08 Å². The van der Waals surface area contributed by atoms with E-state index < -0.39 is 0 Å². The van der Waals surface area contributed by atoms with Crippen molar-refractivity contribution < 1.29 is 14.4 Å². The number of carbonyl (C=O) groups excluding carboxylic acids is 3. The summed E-state index contributed by atoms with van der Waals surface area (Å²) in [5.74, 6) is -0.248. The fourth-order valence-corrected chi connectivity index (χ4v) is 4.32. The Hall–Kier alpha value is -2.54. The summed E-state index contributed by atoms with van der Waals surface area (Å²) in [6, 6.07) is 7.80. The van der Waals surface area contributed by atoms with Crippen LogP contribution in [0.1, 0.15) is 31.2 Å². The van der Waals surface area contributed by atoms with Gasteiger partial charge in [-0.3, -0.25) is 19.7 Å². The lowest BCUT2D eigenvalue weighted by Crippen LogP contribution is -2.34. The van der Waals surface area contributed by atoms with E-state index in [1.165, 1.54) is 12.8 Å². The number of rotatable bonds is 3. The lowest BCUT2D eigenvalue weighted by Gasteiger charge is -2.20. The summed E-state index contributed by atoms with van der Waals surface area (Å²) in [5, 5.41) is 2.88. The van der Waals surface area contributed by atoms with Crippen LogP contribution in [0.2, 0.25) is 0 Å². The minimum absolute atomic E-state index is 0.125. The van der Waals surface area contributed by atoms with Crippen LogP contribution in [-0.2, 0) is 16.1 Å². The number of nitrogens with one attached hydrogen (secondary N) is 1. The largest absolute Gasteiger partial charge is 0.341 e. The molecule has 1 aromatic carbocycles. The first-order chi connectivity index (χ1) is 13.1. The van der Waals surface area contributed by atoms with Gasteiger partial charge in [0, 0.05) is 35.8 Å². The van der Waals surface area contributed by atoms with Gasteiger partial charge in [-0.2, -0.15) is 0 Å². The third kappa shape index (κ3) is 3.78. The molecule has 7 heteroatoms. The summed E-state index contributed by atoms with van der Waals surface area (Å²) >= 11 is 0.902. The predicted octanol–water partition coefficient (Wildman–Crippen LogP) is 3.37. The van der Waals surface area contributed by atoms with Crippen molar-refractivity contribution in [3.8, 4) is 0 Å². The Kier molecular flexibility index (Phi) is 5.03. The molecule has 0 saturated carbocycles. The summed E-state index contributed by atoms with van der Waals surface area (Å²) in [7, 11) is 0. The van der Waals surface area contributed by atoms with Gasteiger partial charge in [0.15, 0.2) is 0 Å². The standard InChI is InChI=1S/C20H21N3O3S/c24-18(22-9-5-1-2-6-10-22)13-23-12-14(15-7-3-4-8-16(15)23)11-17-19(25)21-20(26)27-17/h3-4,7-8,11-12H,1-2,5-6,9-10,13H2,(H,21,25,26)/b17-11-. The highest BCUT2D eigenvalue weighted by Crippen LogP contribution is 2.29. The van der Waals surface area contributed by atoms with Crippen LogP contribution in [0.4, 0.5) is 4.79 Å². The molecule has 2 fully saturated rings. The molecule has 2 aliphatic heterocycles. The SMILES string of the molecule is O=C1NC(=O)/C(=C/c2cn(CC(=O)N3CCCCCC3)c3ccccc23)S1. The van der Waals surface area contributed by atoms with E-state index in [2.05, 4.69) is 5.32 Å². The zero-order chi connectivity index (χ0) is 18.8. The molecular formula is C20H21N3O3S. The van der Waals surface area contributed by atoms with Crippen molar-refractivity contribution in [3.63, 3.8) is 0 Å². The van der Waals surface area contributed by atoms with Gasteiger partial charge in [-0.25, -0.2) is 0 Å². The van der Waals surface area contributed by atoms with E-state index >= 15 is 0 Å². The zero-order valence-corrected chi connectivity index (χ0v) is 15.8. The van der Waals surface area contributed by atoms with Gasteiger partial charge >= 0.3 is 0 Å². The van der Waals surface area contributed by atoms with Crippen molar-refractivity contribution in [2.75, 3.05) is 13.1 Å². The van der Waals surface area contributed by atoms with Crippen LogP contribution in [0.25, 0.3) is 17.0 Å². The Morgan fingerprint density at radius 3 is 2.56 bits per heavy atom. The normalized spacial score (nSPS) is 19.6. The lowest BCUT2D eigenvalue weighted by molar-refractivity contribution is -0.131. The third-order valence-electron chi connectivity index (χ3n) is 5.01. The molecule has 0 aliphatic carbocycles. The molecule has 4 rings (SSSR count). The minimum Gasteiger partial charge on any atom is -0.341 e. The molecular weight excluding hydrogens is 362 g/mol. The fraction of sp³-hybridized carbons (Fsp3) is 0.350. The van der Waals surface area contributed by atoms with Gasteiger partial charge in [-0.05, 0) is 36.7 Å². The number of imide groups is 1. The number of likely N-dealkylation sites (tertiary alicyclic amines) is 1. The number of para-hydroxylation sites is 1. The molecule has 0 bridgehead atoms. The highest BCUT2D eigenvalue weighted by molar-refractivity contribution is 8.18. The van der Waals surface area contributed by atoms with Crippen LogP contribution < -0.4 is 5.32 Å². The van der Waals surface area contributed by atoms with Crippen LogP contribution in [0.3, 0.4) is 0 Å². The van der Waals surface area contributed by atoms with Crippen LogP contribution in [0, 0.1) is 0 Å². The van der Waals surface area contributed by atoms with Crippen molar-refractivity contribution in [1.82, 2.24) is 14.8 Å².